The summed E-state index contributed by atoms with van der Waals surface area (Å²) < 4.78 is 41.3. The lowest BCUT2D eigenvalue weighted by Gasteiger charge is -2.32. The number of hydrogen-bond donors (Lipinski definition) is 0. The van der Waals surface area contributed by atoms with Gasteiger partial charge in [-0.15, -0.1) is 0 Å². The van der Waals surface area contributed by atoms with Crippen LogP contribution in [0.15, 0.2) is 29.2 Å². The number of halogens is 2. The van der Waals surface area contributed by atoms with Gasteiger partial charge in [0.25, 0.3) is 5.56 Å². The van der Waals surface area contributed by atoms with Crippen LogP contribution in [0.3, 0.4) is 0 Å². The highest BCUT2D eigenvalue weighted by molar-refractivity contribution is 5.74. The number of aromatic nitrogens is 3. The highest BCUT2D eigenvalue weighted by atomic mass is 19.1. The largest absolute Gasteiger partial charge is 0.381 e. The number of aryl methyl sites for hydroxylation is 1. The van der Waals surface area contributed by atoms with Gasteiger partial charge >= 0.3 is 0 Å². The van der Waals surface area contributed by atoms with Gasteiger partial charge < -0.3 is 9.47 Å². The molecule has 3 atom stereocenters. The van der Waals surface area contributed by atoms with Gasteiger partial charge in [-0.3, -0.25) is 9.20 Å². The second-order valence-corrected chi connectivity index (χ2v) is 8.71. The van der Waals surface area contributed by atoms with Crippen LogP contribution in [0, 0.1) is 31.4 Å². The maximum atomic E-state index is 14.8. The summed E-state index contributed by atoms with van der Waals surface area (Å²) in [6.07, 6.45) is 4.26. The molecule has 2 aromatic heterocycles. The monoisotopic (exact) mass is 441 g/mol. The molecule has 3 unspecified atom stereocenters. The molecule has 0 N–H and O–H groups in total. The molecule has 6 nitrogen and oxygen atoms in total. The zero-order chi connectivity index (χ0) is 22.4. The summed E-state index contributed by atoms with van der Waals surface area (Å²) in [4.78, 5) is 22.4. The summed E-state index contributed by atoms with van der Waals surface area (Å²) in [5.74, 6) is -1.01. The molecule has 0 aliphatic carbocycles. The van der Waals surface area contributed by atoms with Crippen LogP contribution in [0.1, 0.15) is 42.1 Å². The summed E-state index contributed by atoms with van der Waals surface area (Å²) in [6, 6.07) is 3.36. The van der Waals surface area contributed by atoms with Crippen LogP contribution in [-0.4, -0.2) is 40.3 Å². The number of nitrogens with zero attached hydrogens (tertiary/aromatic N) is 3. The lowest BCUT2D eigenvalue weighted by Crippen LogP contribution is -2.32. The van der Waals surface area contributed by atoms with Gasteiger partial charge in [-0.2, -0.15) is 0 Å². The highest BCUT2D eigenvalue weighted by Crippen LogP contribution is 2.36. The molecule has 4 heterocycles. The maximum absolute atomic E-state index is 14.8. The van der Waals surface area contributed by atoms with E-state index in [1.165, 1.54) is 16.5 Å². The molecule has 168 valence electrons. The predicted octanol–water partition coefficient (Wildman–Crippen LogP) is 3.95. The van der Waals surface area contributed by atoms with Gasteiger partial charge in [-0.25, -0.2) is 18.7 Å². The molecule has 2 fully saturated rings. The number of ether oxygens (including phenoxy) is 2. The zero-order valence-electron chi connectivity index (χ0n) is 18.1. The Bertz CT molecular complexity index is 1240. The molecule has 32 heavy (non-hydrogen) atoms. The Labute approximate surface area is 184 Å². The fourth-order valence-electron chi connectivity index (χ4n) is 4.69. The summed E-state index contributed by atoms with van der Waals surface area (Å²) in [5, 5.41) is 0. The van der Waals surface area contributed by atoms with E-state index in [0.29, 0.717) is 36.1 Å². The van der Waals surface area contributed by atoms with Crippen molar-refractivity contribution >= 4 is 5.65 Å². The quantitative estimate of drug-likeness (QED) is 0.616. The van der Waals surface area contributed by atoms with E-state index in [1.807, 2.05) is 0 Å². The highest BCUT2D eigenvalue weighted by Gasteiger charge is 2.33. The van der Waals surface area contributed by atoms with Crippen molar-refractivity contribution in [2.75, 3.05) is 19.8 Å². The van der Waals surface area contributed by atoms with E-state index in [2.05, 4.69) is 4.98 Å². The third-order valence-electron chi connectivity index (χ3n) is 6.71. The Morgan fingerprint density at radius 3 is 2.72 bits per heavy atom. The molecule has 0 saturated carbocycles. The average Bonchev–Trinajstić information content (AvgIpc) is 3.33. The molecule has 2 aliphatic rings. The van der Waals surface area contributed by atoms with Crippen molar-refractivity contribution in [2.24, 2.45) is 5.92 Å². The Kier molecular flexibility index (Phi) is 5.51. The molecule has 0 bridgehead atoms. The average molecular weight is 441 g/mol. The van der Waals surface area contributed by atoms with Crippen LogP contribution in [0.25, 0.3) is 16.9 Å². The van der Waals surface area contributed by atoms with E-state index in [9.17, 15) is 13.6 Å². The van der Waals surface area contributed by atoms with E-state index in [4.69, 9.17) is 14.5 Å². The van der Waals surface area contributed by atoms with Crippen molar-refractivity contribution in [3.63, 3.8) is 0 Å². The van der Waals surface area contributed by atoms with E-state index < -0.39 is 11.6 Å². The molecule has 2 saturated heterocycles. The van der Waals surface area contributed by atoms with Crippen LogP contribution in [0.4, 0.5) is 8.78 Å². The predicted molar refractivity (Wildman–Crippen MR) is 115 cm³/mol. The number of fused-ring (bicyclic) bond motifs is 1. The maximum Gasteiger partial charge on any atom is 0.261 e. The van der Waals surface area contributed by atoms with E-state index in [-0.39, 0.29) is 34.5 Å². The SMILES string of the molecule is Cc1nc2c(-c3ccc(F)cc3F)nc(C3CCOC(C4CCOC4)C3)cn2c(=O)c1C. The van der Waals surface area contributed by atoms with E-state index >= 15 is 0 Å². The molecule has 0 amide bonds. The van der Waals surface area contributed by atoms with Gasteiger partial charge in [0.05, 0.1) is 18.4 Å². The second-order valence-electron chi connectivity index (χ2n) is 8.71. The zero-order valence-corrected chi connectivity index (χ0v) is 18.1. The van der Waals surface area contributed by atoms with Gasteiger partial charge in [0.2, 0.25) is 0 Å². The van der Waals surface area contributed by atoms with Crippen molar-refractivity contribution in [1.29, 1.82) is 0 Å². The van der Waals surface area contributed by atoms with Gasteiger partial charge in [0, 0.05) is 54.1 Å². The molecule has 3 aromatic rings. The summed E-state index contributed by atoms with van der Waals surface area (Å²) in [5.41, 5.74) is 2.18. The van der Waals surface area contributed by atoms with Crippen LogP contribution >= 0.6 is 0 Å². The Morgan fingerprint density at radius 2 is 1.97 bits per heavy atom. The smallest absolute Gasteiger partial charge is 0.261 e. The van der Waals surface area contributed by atoms with E-state index in [1.54, 1.807) is 20.0 Å². The van der Waals surface area contributed by atoms with Crippen LogP contribution in [0.5, 0.6) is 0 Å². The minimum Gasteiger partial charge on any atom is -0.381 e. The van der Waals surface area contributed by atoms with Crippen LogP contribution in [-0.2, 0) is 9.47 Å². The Balaban J connectivity index is 1.66. The van der Waals surface area contributed by atoms with Gasteiger partial charge in [-0.1, -0.05) is 0 Å². The van der Waals surface area contributed by atoms with Crippen molar-refractivity contribution in [1.82, 2.24) is 14.4 Å². The fraction of sp³-hybridized carbons (Fsp3) is 0.458. The van der Waals surface area contributed by atoms with Crippen molar-refractivity contribution in [2.45, 2.75) is 45.1 Å². The summed E-state index contributed by atoms with van der Waals surface area (Å²) in [7, 11) is 0. The van der Waals surface area contributed by atoms with Crippen molar-refractivity contribution in [3.05, 3.63) is 63.3 Å². The van der Waals surface area contributed by atoms with Gasteiger partial charge in [0.1, 0.15) is 17.3 Å². The van der Waals surface area contributed by atoms with Crippen LogP contribution < -0.4 is 5.56 Å². The van der Waals surface area contributed by atoms with Gasteiger partial charge in [0.15, 0.2) is 5.65 Å². The topological polar surface area (TPSA) is 65.7 Å². The van der Waals surface area contributed by atoms with Gasteiger partial charge in [-0.05, 0) is 45.2 Å². The van der Waals surface area contributed by atoms with Crippen molar-refractivity contribution in [3.8, 4) is 11.3 Å². The summed E-state index contributed by atoms with van der Waals surface area (Å²) >= 11 is 0. The molecule has 5 rings (SSSR count). The minimum atomic E-state index is -0.739. The standard InChI is InChI=1S/C24H25F2N3O3/c1-13-14(2)27-23-22(18-4-3-17(25)10-19(18)26)28-20(11-29(23)24(13)30)15-6-8-32-21(9-15)16-5-7-31-12-16/h3-4,10-11,15-16,21H,5-9,12H2,1-2H3. The molecule has 0 spiro atoms. The third-order valence-corrected chi connectivity index (χ3v) is 6.71. The first kappa shape index (κ1) is 21.2. The molecule has 0 radical (unpaired) electrons. The lowest BCUT2D eigenvalue weighted by molar-refractivity contribution is -0.0311. The Morgan fingerprint density at radius 1 is 1.12 bits per heavy atom. The first-order valence-electron chi connectivity index (χ1n) is 11.0. The van der Waals surface area contributed by atoms with E-state index in [0.717, 1.165) is 31.9 Å². The normalized spacial score (nSPS) is 23.7. The second kappa shape index (κ2) is 8.33. The molecule has 2 aliphatic heterocycles. The third kappa shape index (κ3) is 3.71. The first-order valence-corrected chi connectivity index (χ1v) is 11.0. The van der Waals surface area contributed by atoms with Crippen LogP contribution in [0.2, 0.25) is 0 Å². The Hall–Kier alpha value is -2.71. The number of rotatable bonds is 3. The number of benzene rings is 1. The minimum absolute atomic E-state index is 0.0505. The molecular weight excluding hydrogens is 416 g/mol. The fourth-order valence-corrected chi connectivity index (χ4v) is 4.69. The molecule has 1 aromatic carbocycles. The van der Waals surface area contributed by atoms with Crippen molar-refractivity contribution < 1.29 is 18.3 Å². The lowest BCUT2D eigenvalue weighted by atomic mass is 9.86. The molecular formula is C24H25F2N3O3. The summed E-state index contributed by atoms with van der Waals surface area (Å²) in [6.45, 7) is 5.49. The number of hydrogen-bond acceptors (Lipinski definition) is 5. The first-order chi connectivity index (χ1) is 15.4. The molecule has 8 heteroatoms.